The van der Waals surface area contributed by atoms with Crippen LogP contribution in [0.15, 0.2) is 30.3 Å². The van der Waals surface area contributed by atoms with Crippen molar-refractivity contribution in [1.29, 1.82) is 0 Å². The summed E-state index contributed by atoms with van der Waals surface area (Å²) in [7, 11) is 3.40. The predicted octanol–water partition coefficient (Wildman–Crippen LogP) is 5.89. The number of hydrogen-bond acceptors (Lipinski definition) is 2. The fourth-order valence-electron chi connectivity index (χ4n) is 5.43. The standard InChI is InChI=1S/C33H46F2NO2.BrH/c1-5-7-9-11-13-14-16-27-26-20-21-36(24-25-18-19-29(34)30(35)22-25)31(17-15-12-10-8-6-2)28(26)23-32(37-3)33(27)38-4;/h14,16,18-19,22-23H,5-13,15,17,20-21,24H2,1-4H3;1H/q+1;/p-1/b16-14-;. The van der Waals surface area contributed by atoms with Crippen molar-refractivity contribution in [3.8, 4) is 11.5 Å². The monoisotopic (exact) mass is 605 g/mol. The molecule has 3 nitrogen and oxygen atoms in total. The van der Waals surface area contributed by atoms with Gasteiger partial charge in [-0.1, -0.05) is 70.9 Å². The molecule has 0 radical (unpaired) electrons. The average molecular weight is 607 g/mol. The first kappa shape index (κ1) is 33.0. The molecule has 2 aromatic carbocycles. The lowest BCUT2D eigenvalue weighted by atomic mass is 9.88. The first-order valence-corrected chi connectivity index (χ1v) is 14.5. The highest BCUT2D eigenvalue weighted by Crippen LogP contribution is 2.39. The molecule has 1 aliphatic rings. The van der Waals surface area contributed by atoms with E-state index in [2.05, 4.69) is 36.6 Å². The summed E-state index contributed by atoms with van der Waals surface area (Å²) >= 11 is 0. The van der Waals surface area contributed by atoms with Gasteiger partial charge in [0.25, 0.3) is 0 Å². The van der Waals surface area contributed by atoms with Crippen molar-refractivity contribution < 1.29 is 39.8 Å². The van der Waals surface area contributed by atoms with Gasteiger partial charge in [-0.3, -0.25) is 0 Å². The van der Waals surface area contributed by atoms with E-state index in [0.717, 1.165) is 54.9 Å². The number of ether oxygens (including phenoxy) is 2. The van der Waals surface area contributed by atoms with E-state index in [4.69, 9.17) is 9.47 Å². The molecule has 0 amide bonds. The highest BCUT2D eigenvalue weighted by Gasteiger charge is 2.30. The van der Waals surface area contributed by atoms with Gasteiger partial charge in [0.1, 0.15) is 6.54 Å². The summed E-state index contributed by atoms with van der Waals surface area (Å²) in [4.78, 5) is 0. The van der Waals surface area contributed by atoms with Gasteiger partial charge >= 0.3 is 0 Å². The maximum Gasteiger partial charge on any atom is 0.184 e. The van der Waals surface area contributed by atoms with E-state index in [9.17, 15) is 8.78 Å². The lowest BCUT2D eigenvalue weighted by Gasteiger charge is -2.24. The molecule has 1 heterocycles. The Kier molecular flexibility index (Phi) is 14.8. The van der Waals surface area contributed by atoms with Crippen molar-refractivity contribution in [2.24, 2.45) is 0 Å². The van der Waals surface area contributed by atoms with Gasteiger partial charge in [0.2, 0.25) is 0 Å². The maximum absolute atomic E-state index is 14.0. The second kappa shape index (κ2) is 17.5. The smallest absolute Gasteiger partial charge is 0.184 e. The molecule has 0 spiro atoms. The zero-order valence-corrected chi connectivity index (χ0v) is 25.8. The topological polar surface area (TPSA) is 21.5 Å². The number of hydrogen-bond donors (Lipinski definition) is 0. The van der Waals surface area contributed by atoms with Crippen molar-refractivity contribution in [2.75, 3.05) is 20.8 Å². The molecule has 216 valence electrons. The number of allylic oxidation sites excluding steroid dienone is 1. The Balaban J connectivity index is 0.00000533. The SMILES string of the molecule is CCCCCC/C=C\c1c2c(cc(OC)c1OC)C(CCCCCCC)=[N+](Cc1ccc(F)c(F)c1)CC2.[Br-]. The third kappa shape index (κ3) is 9.16. The highest BCUT2D eigenvalue weighted by atomic mass is 79.9. The fourth-order valence-corrected chi connectivity index (χ4v) is 5.43. The fraction of sp³-hybridized carbons (Fsp3) is 0.545. The molecule has 0 aliphatic carbocycles. The first-order valence-electron chi connectivity index (χ1n) is 14.5. The Morgan fingerprint density at radius 1 is 0.872 bits per heavy atom. The van der Waals surface area contributed by atoms with E-state index >= 15 is 0 Å². The molecule has 0 saturated carbocycles. The predicted molar refractivity (Wildman–Crippen MR) is 154 cm³/mol. The van der Waals surface area contributed by atoms with Crippen LogP contribution < -0.4 is 26.5 Å². The van der Waals surface area contributed by atoms with Crippen molar-refractivity contribution in [2.45, 2.75) is 97.4 Å². The van der Waals surface area contributed by atoms with Gasteiger partial charge in [-0.05, 0) is 49.1 Å². The van der Waals surface area contributed by atoms with Crippen LogP contribution in [-0.4, -0.2) is 31.1 Å². The number of methoxy groups -OCH3 is 2. The van der Waals surface area contributed by atoms with Crippen molar-refractivity contribution in [3.05, 3.63) is 64.2 Å². The van der Waals surface area contributed by atoms with Gasteiger partial charge in [-0.25, -0.2) is 13.4 Å². The van der Waals surface area contributed by atoms with Crippen molar-refractivity contribution >= 4 is 11.8 Å². The number of benzene rings is 2. The Morgan fingerprint density at radius 3 is 2.26 bits per heavy atom. The molecule has 0 N–H and O–H groups in total. The van der Waals surface area contributed by atoms with Crippen LogP contribution in [-0.2, 0) is 13.0 Å². The molecule has 1 aliphatic heterocycles. The summed E-state index contributed by atoms with van der Waals surface area (Å²) in [6.45, 7) is 5.84. The number of halogens is 3. The zero-order chi connectivity index (χ0) is 27.3. The largest absolute Gasteiger partial charge is 1.00 e. The van der Waals surface area contributed by atoms with E-state index < -0.39 is 11.6 Å². The van der Waals surface area contributed by atoms with E-state index in [0.29, 0.717) is 6.54 Å². The summed E-state index contributed by atoms with van der Waals surface area (Å²) in [5.74, 6) is -0.0814. The summed E-state index contributed by atoms with van der Waals surface area (Å²) in [6, 6.07) is 6.36. The molecule has 0 aromatic heterocycles. The first-order chi connectivity index (χ1) is 18.5. The number of unbranched alkanes of at least 4 members (excludes halogenated alkanes) is 8. The lowest BCUT2D eigenvalue weighted by Crippen LogP contribution is -3.00. The van der Waals surface area contributed by atoms with Gasteiger partial charge in [-0.15, -0.1) is 0 Å². The third-order valence-electron chi connectivity index (χ3n) is 7.53. The van der Waals surface area contributed by atoms with Crippen LogP contribution in [0.25, 0.3) is 6.08 Å². The molecule has 6 heteroatoms. The minimum absolute atomic E-state index is 0. The second-order valence-electron chi connectivity index (χ2n) is 10.3. The summed E-state index contributed by atoms with van der Waals surface area (Å²) in [5.41, 5.74) is 5.62. The van der Waals surface area contributed by atoms with E-state index in [-0.39, 0.29) is 17.0 Å². The van der Waals surface area contributed by atoms with Gasteiger partial charge < -0.3 is 26.5 Å². The van der Waals surface area contributed by atoms with Crippen molar-refractivity contribution in [3.63, 3.8) is 0 Å². The van der Waals surface area contributed by atoms with Gasteiger partial charge in [0, 0.05) is 29.5 Å². The Hall–Kier alpha value is -2.21. The molecule has 0 saturated heterocycles. The number of nitrogens with zero attached hydrogens (tertiary/aromatic N) is 1. The Bertz CT molecular complexity index is 1110. The van der Waals surface area contributed by atoms with Gasteiger partial charge in [0.15, 0.2) is 35.4 Å². The molecule has 2 aromatic rings. The molecule has 3 rings (SSSR count). The molecular weight excluding hydrogens is 560 g/mol. The second-order valence-corrected chi connectivity index (χ2v) is 10.3. The zero-order valence-electron chi connectivity index (χ0n) is 24.3. The van der Waals surface area contributed by atoms with Gasteiger partial charge in [-0.2, -0.15) is 0 Å². The van der Waals surface area contributed by atoms with Crippen LogP contribution in [0, 0.1) is 11.6 Å². The van der Waals surface area contributed by atoms with Gasteiger partial charge in [0.05, 0.1) is 14.2 Å². The van der Waals surface area contributed by atoms with Crippen LogP contribution in [0.2, 0.25) is 0 Å². The molecule has 0 fully saturated rings. The molecule has 0 bridgehead atoms. The van der Waals surface area contributed by atoms with Crippen LogP contribution in [0.5, 0.6) is 11.5 Å². The molecular formula is C33H46BrF2NO2. The molecule has 39 heavy (non-hydrogen) atoms. The van der Waals surface area contributed by atoms with Crippen molar-refractivity contribution in [1.82, 2.24) is 0 Å². The van der Waals surface area contributed by atoms with Crippen LogP contribution in [0.4, 0.5) is 8.78 Å². The van der Waals surface area contributed by atoms with E-state index in [1.165, 1.54) is 80.3 Å². The van der Waals surface area contributed by atoms with E-state index in [1.54, 1.807) is 20.3 Å². The van der Waals surface area contributed by atoms with Crippen LogP contribution in [0.3, 0.4) is 0 Å². The number of fused-ring (bicyclic) bond motifs is 1. The maximum atomic E-state index is 14.0. The lowest BCUT2D eigenvalue weighted by molar-refractivity contribution is -0.545. The van der Waals surface area contributed by atoms with Crippen LogP contribution in [0.1, 0.15) is 107 Å². The highest BCUT2D eigenvalue weighted by molar-refractivity contribution is 6.00. The third-order valence-corrected chi connectivity index (χ3v) is 7.53. The summed E-state index contributed by atoms with van der Waals surface area (Å²) < 4.78 is 41.6. The number of rotatable bonds is 16. The summed E-state index contributed by atoms with van der Waals surface area (Å²) in [6.07, 6.45) is 18.3. The van der Waals surface area contributed by atoms with Crippen LogP contribution >= 0.6 is 0 Å². The average Bonchev–Trinajstić information content (AvgIpc) is 2.92. The van der Waals surface area contributed by atoms with E-state index in [1.807, 2.05) is 0 Å². The molecule has 0 unspecified atom stereocenters. The molecule has 0 atom stereocenters. The quantitative estimate of drug-likeness (QED) is 0.176. The summed E-state index contributed by atoms with van der Waals surface area (Å²) in [5, 5.41) is 0. The Labute approximate surface area is 245 Å². The minimum Gasteiger partial charge on any atom is -1.00 e. The minimum atomic E-state index is -0.805. The normalized spacial score (nSPS) is 13.0. The Morgan fingerprint density at radius 2 is 1.59 bits per heavy atom.